The second-order valence-corrected chi connectivity index (χ2v) is 7.28. The Labute approximate surface area is 131 Å². The van der Waals surface area contributed by atoms with Gasteiger partial charge in [-0.15, -0.1) is 0 Å². The van der Waals surface area contributed by atoms with Crippen LogP contribution in [0.5, 0.6) is 0 Å². The standard InChI is InChI=1S/C17H20N2O2S/c1-2-13-3-11-17(12-4-13)22(20,21)19-16-9-7-15(8-10-16)18-14-5-6-14/h3-4,7-12,14,18-19H,2,5-6H2,1H3. The Morgan fingerprint density at radius 3 is 2.09 bits per heavy atom. The summed E-state index contributed by atoms with van der Waals surface area (Å²) in [4.78, 5) is 0.282. The maximum absolute atomic E-state index is 12.3. The van der Waals surface area contributed by atoms with E-state index in [4.69, 9.17) is 0 Å². The average molecular weight is 316 g/mol. The molecule has 4 nitrogen and oxygen atoms in total. The quantitative estimate of drug-likeness (QED) is 0.855. The van der Waals surface area contributed by atoms with Gasteiger partial charge in [-0.2, -0.15) is 0 Å². The zero-order valence-corrected chi connectivity index (χ0v) is 13.4. The first kappa shape index (κ1) is 14.9. The molecule has 0 bridgehead atoms. The molecule has 1 aliphatic rings. The van der Waals surface area contributed by atoms with Crippen molar-refractivity contribution < 1.29 is 8.42 Å². The van der Waals surface area contributed by atoms with Crippen LogP contribution in [-0.4, -0.2) is 14.5 Å². The predicted molar refractivity (Wildman–Crippen MR) is 89.7 cm³/mol. The number of aryl methyl sites for hydroxylation is 1. The van der Waals surface area contributed by atoms with E-state index in [9.17, 15) is 8.42 Å². The number of hydrogen-bond acceptors (Lipinski definition) is 3. The van der Waals surface area contributed by atoms with Crippen LogP contribution in [0.2, 0.25) is 0 Å². The lowest BCUT2D eigenvalue weighted by Crippen LogP contribution is -2.13. The minimum atomic E-state index is -3.53. The Balaban J connectivity index is 1.72. The van der Waals surface area contributed by atoms with Gasteiger partial charge < -0.3 is 5.32 Å². The minimum absolute atomic E-state index is 0.282. The van der Waals surface area contributed by atoms with E-state index in [0.717, 1.165) is 17.7 Å². The summed E-state index contributed by atoms with van der Waals surface area (Å²) in [6.07, 6.45) is 3.31. The van der Waals surface area contributed by atoms with Gasteiger partial charge in [-0.1, -0.05) is 19.1 Å². The van der Waals surface area contributed by atoms with Crippen molar-refractivity contribution in [1.82, 2.24) is 0 Å². The molecule has 0 unspecified atom stereocenters. The molecule has 2 aromatic carbocycles. The molecule has 2 N–H and O–H groups in total. The van der Waals surface area contributed by atoms with Crippen LogP contribution in [0.1, 0.15) is 25.3 Å². The van der Waals surface area contributed by atoms with Gasteiger partial charge in [0.15, 0.2) is 0 Å². The summed E-state index contributed by atoms with van der Waals surface area (Å²) < 4.78 is 27.3. The summed E-state index contributed by atoms with van der Waals surface area (Å²) in [6, 6.07) is 14.9. The van der Waals surface area contributed by atoms with E-state index < -0.39 is 10.0 Å². The van der Waals surface area contributed by atoms with Crippen LogP contribution in [0, 0.1) is 0 Å². The fourth-order valence-corrected chi connectivity index (χ4v) is 3.27. The lowest BCUT2D eigenvalue weighted by molar-refractivity contribution is 0.601. The van der Waals surface area contributed by atoms with Crippen molar-refractivity contribution in [1.29, 1.82) is 0 Å². The molecule has 3 rings (SSSR count). The fourth-order valence-electron chi connectivity index (χ4n) is 2.22. The summed E-state index contributed by atoms with van der Waals surface area (Å²) in [6.45, 7) is 2.04. The number of rotatable bonds is 6. The van der Waals surface area contributed by atoms with E-state index in [-0.39, 0.29) is 4.90 Å². The van der Waals surface area contributed by atoms with Crippen LogP contribution in [0.3, 0.4) is 0 Å². The van der Waals surface area contributed by atoms with Gasteiger partial charge in [-0.05, 0) is 61.2 Å². The van der Waals surface area contributed by atoms with Gasteiger partial charge in [0.05, 0.1) is 4.90 Å². The largest absolute Gasteiger partial charge is 0.382 e. The minimum Gasteiger partial charge on any atom is -0.382 e. The monoisotopic (exact) mass is 316 g/mol. The van der Waals surface area contributed by atoms with Gasteiger partial charge in [-0.25, -0.2) is 8.42 Å². The van der Waals surface area contributed by atoms with E-state index in [0.29, 0.717) is 11.7 Å². The van der Waals surface area contributed by atoms with Crippen LogP contribution in [0.4, 0.5) is 11.4 Å². The zero-order valence-electron chi connectivity index (χ0n) is 12.5. The third-order valence-electron chi connectivity index (χ3n) is 3.73. The van der Waals surface area contributed by atoms with Crippen LogP contribution < -0.4 is 10.0 Å². The Morgan fingerprint density at radius 2 is 1.55 bits per heavy atom. The molecular formula is C17H20N2O2S. The van der Waals surface area contributed by atoms with Gasteiger partial charge >= 0.3 is 0 Å². The molecule has 1 aliphatic carbocycles. The van der Waals surface area contributed by atoms with E-state index in [2.05, 4.69) is 10.0 Å². The summed E-state index contributed by atoms with van der Waals surface area (Å²) in [5.74, 6) is 0. The van der Waals surface area contributed by atoms with Crippen molar-refractivity contribution in [2.45, 2.75) is 37.1 Å². The molecule has 22 heavy (non-hydrogen) atoms. The number of hydrogen-bond donors (Lipinski definition) is 2. The van der Waals surface area contributed by atoms with Gasteiger partial charge in [0, 0.05) is 17.4 Å². The van der Waals surface area contributed by atoms with Gasteiger partial charge in [0.1, 0.15) is 0 Å². The van der Waals surface area contributed by atoms with E-state index in [1.807, 2.05) is 31.2 Å². The molecule has 5 heteroatoms. The zero-order chi connectivity index (χ0) is 15.6. The molecule has 0 heterocycles. The third-order valence-corrected chi connectivity index (χ3v) is 5.12. The Hall–Kier alpha value is -2.01. The summed E-state index contributed by atoms with van der Waals surface area (Å²) in [5.41, 5.74) is 2.72. The third kappa shape index (κ3) is 3.60. The summed E-state index contributed by atoms with van der Waals surface area (Å²) in [5, 5.41) is 3.37. The number of nitrogens with one attached hydrogen (secondary N) is 2. The molecule has 0 atom stereocenters. The highest BCUT2D eigenvalue weighted by Gasteiger charge is 2.20. The predicted octanol–water partition coefficient (Wildman–Crippen LogP) is 3.62. The first-order valence-corrected chi connectivity index (χ1v) is 9.03. The van der Waals surface area contributed by atoms with E-state index in [1.165, 1.54) is 12.8 Å². The number of anilines is 2. The van der Waals surface area contributed by atoms with Crippen molar-refractivity contribution >= 4 is 21.4 Å². The van der Waals surface area contributed by atoms with Crippen molar-refractivity contribution in [3.05, 3.63) is 54.1 Å². The van der Waals surface area contributed by atoms with E-state index in [1.54, 1.807) is 24.3 Å². The van der Waals surface area contributed by atoms with Gasteiger partial charge in [0.2, 0.25) is 0 Å². The highest BCUT2D eigenvalue weighted by molar-refractivity contribution is 7.92. The topological polar surface area (TPSA) is 58.2 Å². The summed E-state index contributed by atoms with van der Waals surface area (Å²) >= 11 is 0. The fraction of sp³-hybridized carbons (Fsp3) is 0.294. The highest BCUT2D eigenvalue weighted by atomic mass is 32.2. The molecule has 0 amide bonds. The van der Waals surface area contributed by atoms with Crippen LogP contribution in [-0.2, 0) is 16.4 Å². The molecule has 1 saturated carbocycles. The van der Waals surface area contributed by atoms with Gasteiger partial charge in [-0.3, -0.25) is 4.72 Å². The van der Waals surface area contributed by atoms with Crippen molar-refractivity contribution in [3.63, 3.8) is 0 Å². The second-order valence-electron chi connectivity index (χ2n) is 5.60. The smallest absolute Gasteiger partial charge is 0.261 e. The normalized spacial score (nSPS) is 14.6. The van der Waals surface area contributed by atoms with Crippen molar-refractivity contribution in [2.75, 3.05) is 10.0 Å². The van der Waals surface area contributed by atoms with Crippen LogP contribution >= 0.6 is 0 Å². The Bertz CT molecular complexity index is 733. The molecule has 0 saturated heterocycles. The van der Waals surface area contributed by atoms with Gasteiger partial charge in [0.25, 0.3) is 10.0 Å². The molecule has 0 aliphatic heterocycles. The highest BCUT2D eigenvalue weighted by Crippen LogP contribution is 2.26. The maximum atomic E-state index is 12.3. The maximum Gasteiger partial charge on any atom is 0.261 e. The Kier molecular flexibility index (Phi) is 4.07. The SMILES string of the molecule is CCc1ccc(S(=O)(=O)Nc2ccc(NC3CC3)cc2)cc1. The number of sulfonamides is 1. The average Bonchev–Trinajstić information content (AvgIpc) is 3.33. The first-order valence-electron chi connectivity index (χ1n) is 7.55. The number of benzene rings is 2. The van der Waals surface area contributed by atoms with Crippen LogP contribution in [0.15, 0.2) is 53.4 Å². The first-order chi connectivity index (χ1) is 10.6. The lowest BCUT2D eigenvalue weighted by Gasteiger charge is -2.10. The summed E-state index contributed by atoms with van der Waals surface area (Å²) in [7, 11) is -3.53. The van der Waals surface area contributed by atoms with Crippen LogP contribution in [0.25, 0.3) is 0 Å². The Morgan fingerprint density at radius 1 is 0.955 bits per heavy atom. The molecule has 0 spiro atoms. The van der Waals surface area contributed by atoms with E-state index >= 15 is 0 Å². The molecule has 0 aromatic heterocycles. The lowest BCUT2D eigenvalue weighted by atomic mass is 10.2. The second kappa shape index (κ2) is 6.01. The van der Waals surface area contributed by atoms with Crippen molar-refractivity contribution in [3.8, 4) is 0 Å². The molecular weight excluding hydrogens is 296 g/mol. The molecule has 116 valence electrons. The molecule has 0 radical (unpaired) electrons. The molecule has 1 fully saturated rings. The van der Waals surface area contributed by atoms with Crippen molar-refractivity contribution in [2.24, 2.45) is 0 Å². The molecule has 2 aromatic rings.